The third-order valence-corrected chi connectivity index (χ3v) is 1.29. The summed E-state index contributed by atoms with van der Waals surface area (Å²) in [5, 5.41) is 2.92. The van der Waals surface area contributed by atoms with Crippen molar-refractivity contribution < 1.29 is 0 Å². The predicted molar refractivity (Wildman–Crippen MR) is 45.5 cm³/mol. The molecule has 0 aliphatic carbocycles. The molecule has 0 saturated heterocycles. The Morgan fingerprint density at radius 3 is 2.78 bits per heavy atom. The van der Waals surface area contributed by atoms with E-state index in [0.717, 1.165) is 10.9 Å². The van der Waals surface area contributed by atoms with Crippen LogP contribution in [-0.2, 0) is 0 Å². The van der Waals surface area contributed by atoms with E-state index in [9.17, 15) is 0 Å². The summed E-state index contributed by atoms with van der Waals surface area (Å²) in [7, 11) is 1.88. The predicted octanol–water partition coefficient (Wildman–Crippen LogP) is 2.41. The van der Waals surface area contributed by atoms with Gasteiger partial charge in [0.1, 0.15) is 0 Å². The molecule has 0 atom stereocenters. The maximum atomic E-state index is 3.35. The first-order valence-corrected chi connectivity index (χ1v) is 3.80. The van der Waals surface area contributed by atoms with Crippen LogP contribution >= 0.6 is 15.9 Å². The molecule has 52 valence electrons. The van der Waals surface area contributed by atoms with E-state index in [-0.39, 0.29) is 0 Å². The van der Waals surface area contributed by atoms with Gasteiger partial charge in [-0.3, -0.25) is 0 Å². The normalized spacial score (nSPS) is 12.6. The Hall–Kier alpha value is -0.240. The van der Waals surface area contributed by atoms with Crippen molar-refractivity contribution in [2.24, 2.45) is 0 Å². The Kier molecular flexibility index (Phi) is 5.73. The zero-order chi connectivity index (χ0) is 7.11. The zero-order valence-electron chi connectivity index (χ0n) is 5.82. The zero-order valence-corrected chi connectivity index (χ0v) is 7.40. The third kappa shape index (κ3) is 5.63. The number of nitrogens with one attached hydrogen (secondary N) is 1. The second-order valence-corrected chi connectivity index (χ2v) is 2.54. The summed E-state index contributed by atoms with van der Waals surface area (Å²) < 4.78 is 1.08. The number of hydrogen-bond donors (Lipinski definition) is 1. The standard InChI is InChI=1S/C7H12BrN/c1-3-4-5-7(8)6-9-2/h4-6,9H,3H2,1-2H3/b5-4-,7-6+. The quantitative estimate of drug-likeness (QED) is 0.674. The van der Waals surface area contributed by atoms with Crippen LogP contribution in [0, 0.1) is 0 Å². The smallest absolute Gasteiger partial charge is 0.0328 e. The Labute approximate surface area is 65.0 Å². The molecule has 0 radical (unpaired) electrons. The van der Waals surface area contributed by atoms with Crippen molar-refractivity contribution in [2.75, 3.05) is 7.05 Å². The molecule has 0 fully saturated rings. The Morgan fingerprint density at radius 1 is 1.67 bits per heavy atom. The molecule has 1 N–H and O–H groups in total. The molecule has 0 aliphatic heterocycles. The topological polar surface area (TPSA) is 12.0 Å². The van der Waals surface area contributed by atoms with Gasteiger partial charge in [-0.15, -0.1) is 0 Å². The Morgan fingerprint density at radius 2 is 2.33 bits per heavy atom. The fourth-order valence-corrected chi connectivity index (χ4v) is 0.832. The van der Waals surface area contributed by atoms with Gasteiger partial charge in [-0.05, 0) is 22.4 Å². The largest absolute Gasteiger partial charge is 0.393 e. The lowest BCUT2D eigenvalue weighted by Gasteiger charge is -1.87. The number of rotatable bonds is 3. The van der Waals surface area contributed by atoms with Gasteiger partial charge in [0.15, 0.2) is 0 Å². The van der Waals surface area contributed by atoms with Crippen molar-refractivity contribution in [2.45, 2.75) is 13.3 Å². The summed E-state index contributed by atoms with van der Waals surface area (Å²) in [4.78, 5) is 0. The number of halogens is 1. The third-order valence-electron chi connectivity index (χ3n) is 0.795. The summed E-state index contributed by atoms with van der Waals surface area (Å²) in [6.45, 7) is 2.11. The molecule has 2 heteroatoms. The van der Waals surface area contributed by atoms with Crippen LogP contribution in [0.2, 0.25) is 0 Å². The number of hydrogen-bond acceptors (Lipinski definition) is 1. The van der Waals surface area contributed by atoms with Gasteiger partial charge in [-0.1, -0.05) is 19.1 Å². The first kappa shape index (κ1) is 8.76. The second-order valence-electron chi connectivity index (χ2n) is 1.63. The van der Waals surface area contributed by atoms with E-state index in [1.165, 1.54) is 0 Å². The van der Waals surface area contributed by atoms with Crippen LogP contribution in [0.5, 0.6) is 0 Å². The van der Waals surface area contributed by atoms with E-state index in [4.69, 9.17) is 0 Å². The lowest BCUT2D eigenvalue weighted by Crippen LogP contribution is -1.91. The maximum Gasteiger partial charge on any atom is 0.0328 e. The molecule has 0 unspecified atom stereocenters. The van der Waals surface area contributed by atoms with Gasteiger partial charge in [0.05, 0.1) is 0 Å². The lowest BCUT2D eigenvalue weighted by molar-refractivity contribution is 1.10. The van der Waals surface area contributed by atoms with Gasteiger partial charge in [0.25, 0.3) is 0 Å². The first-order chi connectivity index (χ1) is 4.31. The minimum Gasteiger partial charge on any atom is -0.393 e. The Bertz CT molecular complexity index is 116. The molecule has 0 aliphatic rings. The average Bonchev–Trinajstić information content (AvgIpc) is 1.85. The van der Waals surface area contributed by atoms with E-state index in [0.29, 0.717) is 0 Å². The van der Waals surface area contributed by atoms with Crippen LogP contribution in [0.15, 0.2) is 22.8 Å². The van der Waals surface area contributed by atoms with Crippen LogP contribution in [0.1, 0.15) is 13.3 Å². The average molecular weight is 190 g/mol. The first-order valence-electron chi connectivity index (χ1n) is 3.00. The summed E-state index contributed by atoms with van der Waals surface area (Å²) in [6, 6.07) is 0. The van der Waals surface area contributed by atoms with Crippen molar-refractivity contribution >= 4 is 15.9 Å². The van der Waals surface area contributed by atoms with Crippen molar-refractivity contribution in [3.05, 3.63) is 22.8 Å². The Balaban J connectivity index is 3.60. The minimum absolute atomic E-state index is 1.08. The van der Waals surface area contributed by atoms with Crippen molar-refractivity contribution in [3.8, 4) is 0 Å². The van der Waals surface area contributed by atoms with Crippen LogP contribution in [0.25, 0.3) is 0 Å². The molecular formula is C7H12BrN. The van der Waals surface area contributed by atoms with Gasteiger partial charge in [-0.2, -0.15) is 0 Å². The van der Waals surface area contributed by atoms with E-state index in [1.54, 1.807) is 0 Å². The van der Waals surface area contributed by atoms with Gasteiger partial charge in [0.2, 0.25) is 0 Å². The molecule has 0 aromatic rings. The fraction of sp³-hybridized carbons (Fsp3) is 0.429. The molecule has 0 heterocycles. The molecule has 0 rings (SSSR count). The molecule has 0 aromatic heterocycles. The monoisotopic (exact) mass is 189 g/mol. The van der Waals surface area contributed by atoms with E-state index in [2.05, 4.69) is 34.2 Å². The highest BCUT2D eigenvalue weighted by atomic mass is 79.9. The summed E-state index contributed by atoms with van der Waals surface area (Å²) in [5.74, 6) is 0. The van der Waals surface area contributed by atoms with E-state index in [1.807, 2.05) is 19.3 Å². The maximum absolute atomic E-state index is 3.35. The molecule has 1 nitrogen and oxygen atoms in total. The van der Waals surface area contributed by atoms with Crippen LogP contribution in [0.3, 0.4) is 0 Å². The summed E-state index contributed by atoms with van der Waals surface area (Å²) >= 11 is 3.35. The van der Waals surface area contributed by atoms with Crippen molar-refractivity contribution in [3.63, 3.8) is 0 Å². The fourth-order valence-electron chi connectivity index (χ4n) is 0.416. The van der Waals surface area contributed by atoms with Crippen molar-refractivity contribution in [1.82, 2.24) is 5.32 Å². The van der Waals surface area contributed by atoms with E-state index < -0.39 is 0 Å². The molecule has 0 bridgehead atoms. The highest BCUT2D eigenvalue weighted by molar-refractivity contribution is 9.11. The van der Waals surface area contributed by atoms with Crippen LogP contribution < -0.4 is 5.32 Å². The second kappa shape index (κ2) is 5.89. The molecule has 0 spiro atoms. The molecular weight excluding hydrogens is 178 g/mol. The summed E-state index contributed by atoms with van der Waals surface area (Å²) in [5.41, 5.74) is 0. The minimum atomic E-state index is 1.08. The molecule has 9 heavy (non-hydrogen) atoms. The molecule has 0 amide bonds. The van der Waals surface area contributed by atoms with Crippen LogP contribution in [0.4, 0.5) is 0 Å². The molecule has 0 aromatic carbocycles. The van der Waals surface area contributed by atoms with E-state index >= 15 is 0 Å². The highest BCUT2D eigenvalue weighted by Crippen LogP contribution is 2.04. The highest BCUT2D eigenvalue weighted by Gasteiger charge is 1.77. The van der Waals surface area contributed by atoms with Gasteiger partial charge < -0.3 is 5.32 Å². The molecule has 0 saturated carbocycles. The SMILES string of the molecule is CC/C=C\C(Br)=C/NC. The van der Waals surface area contributed by atoms with Gasteiger partial charge >= 0.3 is 0 Å². The number of allylic oxidation sites excluding steroid dienone is 3. The van der Waals surface area contributed by atoms with Gasteiger partial charge in [-0.25, -0.2) is 0 Å². The summed E-state index contributed by atoms with van der Waals surface area (Å²) in [6.07, 6.45) is 7.09. The van der Waals surface area contributed by atoms with Gasteiger partial charge in [0, 0.05) is 17.7 Å². The van der Waals surface area contributed by atoms with Crippen molar-refractivity contribution in [1.29, 1.82) is 0 Å². The lowest BCUT2D eigenvalue weighted by atomic mass is 10.4. The van der Waals surface area contributed by atoms with Crippen LogP contribution in [-0.4, -0.2) is 7.05 Å².